The molecule has 2 amide bonds. The van der Waals surface area contributed by atoms with E-state index in [9.17, 15) is 14.4 Å². The van der Waals surface area contributed by atoms with Gasteiger partial charge in [0.2, 0.25) is 11.8 Å². The first-order chi connectivity index (χ1) is 13.2. The maximum Gasteiger partial charge on any atom is 0.239 e. The predicted octanol–water partition coefficient (Wildman–Crippen LogP) is 3.51. The number of amides is 2. The summed E-state index contributed by atoms with van der Waals surface area (Å²) in [4.78, 5) is 36.8. The molecule has 2 N–H and O–H groups in total. The number of carbonyl (C=O) groups excluding carboxylic acids is 3. The Morgan fingerprint density at radius 1 is 0.857 bits per heavy atom. The Hall–Kier alpha value is -3.35. The monoisotopic (exact) mass is 384 g/mol. The van der Waals surface area contributed by atoms with Crippen LogP contribution in [0.2, 0.25) is 0 Å². The maximum atomic E-state index is 12.8. The molecule has 0 aliphatic carbocycles. The lowest BCUT2D eigenvalue weighted by Crippen LogP contribution is -2.41. The van der Waals surface area contributed by atoms with Crippen LogP contribution in [0, 0.1) is 5.41 Å². The van der Waals surface area contributed by atoms with E-state index in [-0.39, 0.29) is 5.78 Å². The number of Topliss-reactive ketones (excluding diaryl/α,β-unsaturated/α-hetero) is 1. The van der Waals surface area contributed by atoms with Crippen LogP contribution >= 0.6 is 0 Å². The first-order valence-electron chi connectivity index (χ1n) is 8.65. The molecule has 0 fully saturated rings. The number of carbonyl (C=O) groups is 3. The Morgan fingerprint density at radius 2 is 1.46 bits per heavy atom. The second-order valence-electron chi connectivity index (χ2n) is 6.73. The molecule has 0 bridgehead atoms. The molecule has 0 saturated carbocycles. The van der Waals surface area contributed by atoms with Crippen molar-refractivity contribution in [3.05, 3.63) is 48.0 Å². The number of anilines is 2. The fourth-order valence-electron chi connectivity index (χ4n) is 2.37. The van der Waals surface area contributed by atoms with E-state index in [4.69, 9.17) is 9.47 Å². The van der Waals surface area contributed by atoms with Gasteiger partial charge in [-0.1, -0.05) is 0 Å². The molecule has 0 spiro atoms. The Kier molecular flexibility index (Phi) is 6.41. The summed E-state index contributed by atoms with van der Waals surface area (Å²) in [6.45, 7) is 4.51. The largest absolute Gasteiger partial charge is 0.497 e. The highest BCUT2D eigenvalue weighted by atomic mass is 16.5. The van der Waals surface area contributed by atoms with E-state index >= 15 is 0 Å². The molecule has 2 aromatic carbocycles. The van der Waals surface area contributed by atoms with Gasteiger partial charge in [0, 0.05) is 17.3 Å². The third-order valence-electron chi connectivity index (χ3n) is 4.34. The predicted molar refractivity (Wildman–Crippen MR) is 107 cm³/mol. The van der Waals surface area contributed by atoms with Crippen LogP contribution in [-0.4, -0.2) is 31.8 Å². The maximum absolute atomic E-state index is 12.8. The zero-order valence-corrected chi connectivity index (χ0v) is 16.6. The smallest absolute Gasteiger partial charge is 0.239 e. The topological polar surface area (TPSA) is 93.7 Å². The van der Waals surface area contributed by atoms with Crippen LogP contribution < -0.4 is 20.1 Å². The van der Waals surface area contributed by atoms with Crippen LogP contribution in [0.1, 0.15) is 31.1 Å². The van der Waals surface area contributed by atoms with Gasteiger partial charge in [0.25, 0.3) is 0 Å². The first-order valence-corrected chi connectivity index (χ1v) is 8.65. The molecule has 0 aliphatic heterocycles. The van der Waals surface area contributed by atoms with Crippen molar-refractivity contribution in [2.45, 2.75) is 20.8 Å². The van der Waals surface area contributed by atoms with Crippen LogP contribution in [0.25, 0.3) is 0 Å². The van der Waals surface area contributed by atoms with E-state index in [1.807, 2.05) is 0 Å². The minimum atomic E-state index is -1.37. The number of benzene rings is 2. The molecule has 7 heteroatoms. The molecule has 0 heterocycles. The van der Waals surface area contributed by atoms with Gasteiger partial charge >= 0.3 is 0 Å². The second kappa shape index (κ2) is 8.56. The third kappa shape index (κ3) is 4.68. The fourth-order valence-corrected chi connectivity index (χ4v) is 2.37. The standard InChI is InChI=1S/C21H24N2O5/c1-13(24)14-6-8-15(9-7-14)22-19(25)21(2,3)20(26)23-17-12-16(27-4)10-11-18(17)28-5/h6-12H,1-5H3,(H,22,25)(H,23,26). The van der Waals surface area contributed by atoms with Gasteiger partial charge in [0.1, 0.15) is 16.9 Å². The van der Waals surface area contributed by atoms with E-state index in [1.165, 1.54) is 35.0 Å². The van der Waals surface area contributed by atoms with Crippen molar-refractivity contribution in [1.82, 2.24) is 0 Å². The van der Waals surface area contributed by atoms with Crippen molar-refractivity contribution in [1.29, 1.82) is 0 Å². The molecule has 0 unspecified atom stereocenters. The Morgan fingerprint density at radius 3 is 2.00 bits per heavy atom. The molecular formula is C21H24N2O5. The molecule has 148 valence electrons. The van der Waals surface area contributed by atoms with Crippen LogP contribution in [0.5, 0.6) is 11.5 Å². The molecule has 7 nitrogen and oxygen atoms in total. The summed E-state index contributed by atoms with van der Waals surface area (Å²) in [6, 6.07) is 11.5. The lowest BCUT2D eigenvalue weighted by molar-refractivity contribution is -0.135. The molecule has 0 atom stereocenters. The zero-order valence-electron chi connectivity index (χ0n) is 16.6. The SMILES string of the molecule is COc1ccc(OC)c(NC(=O)C(C)(C)C(=O)Nc2ccc(C(C)=O)cc2)c1. The number of methoxy groups -OCH3 is 2. The zero-order chi connectivity index (χ0) is 20.9. The van der Waals surface area contributed by atoms with E-state index < -0.39 is 17.2 Å². The van der Waals surface area contributed by atoms with Crippen LogP contribution in [0.15, 0.2) is 42.5 Å². The minimum Gasteiger partial charge on any atom is -0.497 e. The Labute approximate surface area is 164 Å². The van der Waals surface area contributed by atoms with Crippen molar-refractivity contribution in [2.24, 2.45) is 5.41 Å². The Balaban J connectivity index is 2.15. The normalized spacial score (nSPS) is 10.8. The number of ketones is 1. The molecule has 0 aliphatic rings. The Bertz CT molecular complexity index is 888. The molecule has 0 aromatic heterocycles. The van der Waals surface area contributed by atoms with Gasteiger partial charge in [0.05, 0.1) is 19.9 Å². The van der Waals surface area contributed by atoms with Crippen molar-refractivity contribution < 1.29 is 23.9 Å². The number of rotatable bonds is 7. The molecule has 2 aromatic rings. The van der Waals surface area contributed by atoms with Gasteiger partial charge in [-0.3, -0.25) is 14.4 Å². The first kappa shape index (κ1) is 21.0. The lowest BCUT2D eigenvalue weighted by Gasteiger charge is -2.23. The number of hydrogen-bond acceptors (Lipinski definition) is 5. The van der Waals surface area contributed by atoms with Crippen molar-refractivity contribution >= 4 is 29.0 Å². The summed E-state index contributed by atoms with van der Waals surface area (Å²) >= 11 is 0. The molecule has 0 saturated heterocycles. The number of ether oxygens (including phenoxy) is 2. The highest BCUT2D eigenvalue weighted by Gasteiger charge is 2.36. The lowest BCUT2D eigenvalue weighted by atomic mass is 9.90. The van der Waals surface area contributed by atoms with Gasteiger partial charge < -0.3 is 20.1 Å². The molecular weight excluding hydrogens is 360 g/mol. The molecule has 28 heavy (non-hydrogen) atoms. The second-order valence-corrected chi connectivity index (χ2v) is 6.73. The summed E-state index contributed by atoms with van der Waals surface area (Å²) in [5, 5.41) is 5.42. The number of hydrogen-bond donors (Lipinski definition) is 2. The summed E-state index contributed by atoms with van der Waals surface area (Å²) in [5.74, 6) is -0.0572. The summed E-state index contributed by atoms with van der Waals surface area (Å²) in [5.41, 5.74) is 0.0707. The summed E-state index contributed by atoms with van der Waals surface area (Å²) in [7, 11) is 3.00. The van der Waals surface area contributed by atoms with E-state index in [0.717, 1.165) is 0 Å². The van der Waals surface area contributed by atoms with Crippen LogP contribution in [0.4, 0.5) is 11.4 Å². The summed E-state index contributed by atoms with van der Waals surface area (Å²) < 4.78 is 10.4. The highest BCUT2D eigenvalue weighted by molar-refractivity contribution is 6.14. The minimum absolute atomic E-state index is 0.0650. The van der Waals surface area contributed by atoms with Gasteiger partial charge in [-0.25, -0.2) is 0 Å². The van der Waals surface area contributed by atoms with Crippen molar-refractivity contribution in [3.8, 4) is 11.5 Å². The number of nitrogens with one attached hydrogen (secondary N) is 2. The van der Waals surface area contributed by atoms with Crippen LogP contribution in [-0.2, 0) is 9.59 Å². The average Bonchev–Trinajstić information content (AvgIpc) is 2.68. The van der Waals surface area contributed by atoms with E-state index in [1.54, 1.807) is 42.5 Å². The molecule has 2 rings (SSSR count). The van der Waals surface area contributed by atoms with Crippen LogP contribution in [0.3, 0.4) is 0 Å². The quantitative estimate of drug-likeness (QED) is 0.563. The third-order valence-corrected chi connectivity index (χ3v) is 4.34. The summed E-state index contributed by atoms with van der Waals surface area (Å²) in [6.07, 6.45) is 0. The van der Waals surface area contributed by atoms with Gasteiger partial charge in [-0.05, 0) is 57.2 Å². The van der Waals surface area contributed by atoms with Crippen molar-refractivity contribution in [2.75, 3.05) is 24.9 Å². The van der Waals surface area contributed by atoms with Gasteiger partial charge in [-0.2, -0.15) is 0 Å². The van der Waals surface area contributed by atoms with E-state index in [2.05, 4.69) is 10.6 Å². The molecule has 0 radical (unpaired) electrons. The van der Waals surface area contributed by atoms with Crippen molar-refractivity contribution in [3.63, 3.8) is 0 Å². The van der Waals surface area contributed by atoms with E-state index in [0.29, 0.717) is 28.4 Å². The van der Waals surface area contributed by atoms with Gasteiger partial charge in [0.15, 0.2) is 5.78 Å². The highest BCUT2D eigenvalue weighted by Crippen LogP contribution is 2.31. The fraction of sp³-hybridized carbons (Fsp3) is 0.286. The van der Waals surface area contributed by atoms with Gasteiger partial charge in [-0.15, -0.1) is 0 Å². The average molecular weight is 384 g/mol.